The van der Waals surface area contributed by atoms with Crippen molar-refractivity contribution in [1.82, 2.24) is 9.88 Å². The molecule has 1 aromatic rings. The zero-order chi connectivity index (χ0) is 14.5. The number of hydrogen-bond donors (Lipinski definition) is 2. The van der Waals surface area contributed by atoms with Gasteiger partial charge >= 0.3 is 5.97 Å². The Balaban J connectivity index is 1.86. The topological polar surface area (TPSA) is 99.6 Å². The van der Waals surface area contributed by atoms with Crippen LogP contribution in [-0.4, -0.2) is 50.9 Å². The van der Waals surface area contributed by atoms with Crippen LogP contribution in [0.1, 0.15) is 16.9 Å². The summed E-state index contributed by atoms with van der Waals surface area (Å²) in [5, 5.41) is 11.4. The third-order valence-electron chi connectivity index (χ3n) is 2.72. The number of carboxylic acids is 1. The maximum absolute atomic E-state index is 11.7. The fourth-order valence-corrected chi connectivity index (χ4v) is 2.57. The van der Waals surface area contributed by atoms with Crippen LogP contribution >= 0.6 is 11.8 Å². The van der Waals surface area contributed by atoms with Gasteiger partial charge in [-0.1, -0.05) is 11.8 Å². The van der Waals surface area contributed by atoms with Crippen molar-refractivity contribution >= 4 is 34.6 Å². The zero-order valence-electron chi connectivity index (χ0n) is 10.5. The van der Waals surface area contributed by atoms with E-state index in [0.717, 1.165) is 5.75 Å². The minimum absolute atomic E-state index is 0.00475. The van der Waals surface area contributed by atoms with Crippen molar-refractivity contribution in [2.24, 2.45) is 0 Å². The van der Waals surface area contributed by atoms with Gasteiger partial charge in [0.15, 0.2) is 0 Å². The number of thioether (sulfide) groups is 1. The number of anilines is 1. The van der Waals surface area contributed by atoms with E-state index < -0.39 is 5.97 Å². The van der Waals surface area contributed by atoms with Gasteiger partial charge in [0.1, 0.15) is 5.69 Å². The summed E-state index contributed by atoms with van der Waals surface area (Å²) in [6.45, 7) is 1.03. The highest BCUT2D eigenvalue weighted by molar-refractivity contribution is 8.13. The summed E-state index contributed by atoms with van der Waals surface area (Å²) >= 11 is 1.25. The Morgan fingerprint density at radius 2 is 2.30 bits per heavy atom. The number of aromatic carboxylic acids is 1. The summed E-state index contributed by atoms with van der Waals surface area (Å²) in [5.41, 5.74) is 0.249. The Morgan fingerprint density at radius 1 is 1.50 bits per heavy atom. The molecule has 2 amide bonds. The number of carbonyl (C=O) groups is 3. The maximum atomic E-state index is 11.7. The van der Waals surface area contributed by atoms with Crippen LogP contribution in [0.15, 0.2) is 18.3 Å². The lowest BCUT2D eigenvalue weighted by molar-refractivity contribution is -0.116. The third-order valence-corrected chi connectivity index (χ3v) is 3.61. The highest BCUT2D eigenvalue weighted by atomic mass is 32.2. The Kier molecular flexibility index (Phi) is 4.57. The van der Waals surface area contributed by atoms with Crippen LogP contribution in [0.4, 0.5) is 10.5 Å². The van der Waals surface area contributed by atoms with E-state index in [-0.39, 0.29) is 23.3 Å². The fourth-order valence-electron chi connectivity index (χ4n) is 1.71. The smallest absolute Gasteiger partial charge is 0.354 e. The summed E-state index contributed by atoms with van der Waals surface area (Å²) in [5.74, 6) is -0.662. The van der Waals surface area contributed by atoms with E-state index in [1.54, 1.807) is 4.90 Å². The molecule has 2 rings (SSSR count). The maximum Gasteiger partial charge on any atom is 0.354 e. The molecule has 1 aliphatic heterocycles. The minimum Gasteiger partial charge on any atom is -0.477 e. The monoisotopic (exact) mass is 295 g/mol. The molecule has 0 aliphatic carbocycles. The van der Waals surface area contributed by atoms with Crippen LogP contribution in [-0.2, 0) is 4.79 Å². The molecule has 0 bridgehead atoms. The Bertz CT molecular complexity index is 549. The van der Waals surface area contributed by atoms with Gasteiger partial charge in [0.25, 0.3) is 5.24 Å². The second kappa shape index (κ2) is 6.38. The molecule has 0 spiro atoms. The first-order chi connectivity index (χ1) is 9.56. The van der Waals surface area contributed by atoms with Crippen LogP contribution in [0.2, 0.25) is 0 Å². The first kappa shape index (κ1) is 14.3. The number of nitrogens with one attached hydrogen (secondary N) is 1. The van der Waals surface area contributed by atoms with E-state index in [1.807, 2.05) is 0 Å². The van der Waals surface area contributed by atoms with Gasteiger partial charge in [-0.2, -0.15) is 0 Å². The van der Waals surface area contributed by atoms with E-state index in [4.69, 9.17) is 5.11 Å². The molecule has 1 aromatic heterocycles. The van der Waals surface area contributed by atoms with Crippen molar-refractivity contribution in [1.29, 1.82) is 0 Å². The highest BCUT2D eigenvalue weighted by Gasteiger charge is 2.21. The van der Waals surface area contributed by atoms with Gasteiger partial charge in [0.2, 0.25) is 5.91 Å². The van der Waals surface area contributed by atoms with E-state index in [0.29, 0.717) is 18.8 Å². The number of pyridine rings is 1. The van der Waals surface area contributed by atoms with Gasteiger partial charge in [-0.3, -0.25) is 9.59 Å². The lowest BCUT2D eigenvalue weighted by Gasteiger charge is -2.13. The van der Waals surface area contributed by atoms with Crippen molar-refractivity contribution in [3.05, 3.63) is 24.0 Å². The summed E-state index contributed by atoms with van der Waals surface area (Å²) < 4.78 is 0. The second-order valence-corrected chi connectivity index (χ2v) is 5.18. The molecule has 1 aliphatic rings. The summed E-state index contributed by atoms with van der Waals surface area (Å²) in [6, 6.07) is 2.80. The summed E-state index contributed by atoms with van der Waals surface area (Å²) in [7, 11) is 0. The first-order valence-corrected chi connectivity index (χ1v) is 6.96. The number of carbonyl (C=O) groups excluding carboxylic acids is 2. The van der Waals surface area contributed by atoms with Crippen molar-refractivity contribution in [2.45, 2.75) is 6.42 Å². The third kappa shape index (κ3) is 3.70. The number of hydrogen-bond acceptors (Lipinski definition) is 5. The molecule has 106 valence electrons. The minimum atomic E-state index is -1.15. The van der Waals surface area contributed by atoms with Crippen LogP contribution < -0.4 is 5.32 Å². The fraction of sp³-hybridized carbons (Fsp3) is 0.333. The second-order valence-electron chi connectivity index (χ2n) is 4.13. The van der Waals surface area contributed by atoms with Gasteiger partial charge < -0.3 is 15.3 Å². The van der Waals surface area contributed by atoms with E-state index >= 15 is 0 Å². The van der Waals surface area contributed by atoms with Gasteiger partial charge in [0, 0.05) is 37.1 Å². The van der Waals surface area contributed by atoms with Gasteiger partial charge in [0.05, 0.1) is 0 Å². The Morgan fingerprint density at radius 3 is 2.95 bits per heavy atom. The molecule has 7 nitrogen and oxygen atoms in total. The predicted octanol–water partition coefficient (Wildman–Crippen LogP) is 1.28. The average molecular weight is 295 g/mol. The molecule has 0 radical (unpaired) electrons. The molecule has 8 heteroatoms. The molecule has 0 atom stereocenters. The zero-order valence-corrected chi connectivity index (χ0v) is 11.4. The highest BCUT2D eigenvalue weighted by Crippen LogP contribution is 2.17. The van der Waals surface area contributed by atoms with Crippen LogP contribution in [0.3, 0.4) is 0 Å². The number of amides is 2. The van der Waals surface area contributed by atoms with Crippen LogP contribution in [0.5, 0.6) is 0 Å². The van der Waals surface area contributed by atoms with E-state index in [9.17, 15) is 14.4 Å². The van der Waals surface area contributed by atoms with Crippen molar-refractivity contribution < 1.29 is 19.5 Å². The molecule has 2 N–H and O–H groups in total. The summed E-state index contributed by atoms with van der Waals surface area (Å²) in [6.07, 6.45) is 1.50. The van der Waals surface area contributed by atoms with Crippen LogP contribution in [0, 0.1) is 0 Å². The molecule has 1 saturated heterocycles. The largest absolute Gasteiger partial charge is 0.477 e. The molecular weight excluding hydrogens is 282 g/mol. The first-order valence-electron chi connectivity index (χ1n) is 5.97. The lowest BCUT2D eigenvalue weighted by atomic mass is 10.3. The molecule has 0 unspecified atom stereocenters. The number of aromatic nitrogens is 1. The SMILES string of the molecule is O=C(CCN1CCSC1=O)Nc1ccnc(C(=O)O)c1. The van der Waals surface area contributed by atoms with Crippen molar-refractivity contribution in [2.75, 3.05) is 24.2 Å². The predicted molar refractivity (Wildman–Crippen MR) is 73.9 cm³/mol. The molecule has 20 heavy (non-hydrogen) atoms. The van der Waals surface area contributed by atoms with Crippen molar-refractivity contribution in [3.8, 4) is 0 Å². The molecule has 2 heterocycles. The molecular formula is C12H13N3O4S. The normalized spacial score (nSPS) is 14.4. The van der Waals surface area contributed by atoms with Crippen LogP contribution in [0.25, 0.3) is 0 Å². The Hall–Kier alpha value is -2.09. The average Bonchev–Trinajstić information content (AvgIpc) is 2.82. The van der Waals surface area contributed by atoms with Gasteiger partial charge in [-0.15, -0.1) is 0 Å². The van der Waals surface area contributed by atoms with Crippen molar-refractivity contribution in [3.63, 3.8) is 0 Å². The quantitative estimate of drug-likeness (QED) is 0.848. The van der Waals surface area contributed by atoms with E-state index in [2.05, 4.69) is 10.3 Å². The number of nitrogens with zero attached hydrogens (tertiary/aromatic N) is 2. The molecule has 0 aromatic carbocycles. The summed E-state index contributed by atoms with van der Waals surface area (Å²) in [4.78, 5) is 39.1. The molecule has 1 fully saturated rings. The van der Waals surface area contributed by atoms with Gasteiger partial charge in [-0.05, 0) is 12.1 Å². The van der Waals surface area contributed by atoms with E-state index in [1.165, 1.54) is 30.1 Å². The Labute approximate surface area is 119 Å². The molecule has 0 saturated carbocycles. The standard InChI is InChI=1S/C12H13N3O4S/c16-10(2-4-15-5-6-20-12(15)19)14-8-1-3-13-9(7-8)11(17)18/h1,3,7H,2,4-6H2,(H,17,18)(H,13,14,16). The van der Waals surface area contributed by atoms with Gasteiger partial charge in [-0.25, -0.2) is 9.78 Å². The number of carboxylic acid groups (broad SMARTS) is 1. The lowest BCUT2D eigenvalue weighted by Crippen LogP contribution is -2.27. The number of rotatable bonds is 5.